The van der Waals surface area contributed by atoms with Crippen molar-refractivity contribution in [2.24, 2.45) is 0 Å². The maximum Gasteiger partial charge on any atom is 0.410 e. The maximum absolute atomic E-state index is 12.7. The van der Waals surface area contributed by atoms with Gasteiger partial charge >= 0.3 is 6.09 Å². The number of hydrogen-bond donors (Lipinski definition) is 0. The number of amides is 1. The highest BCUT2D eigenvalue weighted by Crippen LogP contribution is 2.20. The molecule has 1 saturated heterocycles. The monoisotopic (exact) mass is 381 g/mol. The van der Waals surface area contributed by atoms with E-state index >= 15 is 0 Å². The molecule has 1 aromatic heterocycles. The van der Waals surface area contributed by atoms with E-state index in [0.717, 1.165) is 11.4 Å². The Labute approximate surface area is 166 Å². The summed E-state index contributed by atoms with van der Waals surface area (Å²) in [6.07, 6.45) is 1.38. The van der Waals surface area contributed by atoms with Crippen molar-refractivity contribution < 1.29 is 14.3 Å². The molecule has 6 nitrogen and oxygen atoms in total. The Bertz CT molecular complexity index is 851. The lowest BCUT2D eigenvalue weighted by Gasteiger charge is -2.36. The van der Waals surface area contributed by atoms with Crippen LogP contribution in [0.5, 0.6) is 0 Å². The smallest absolute Gasteiger partial charge is 0.410 e. The second-order valence-electron chi connectivity index (χ2n) is 8.01. The normalized spacial score (nSPS) is 14.7. The van der Waals surface area contributed by atoms with Crippen LogP contribution >= 0.6 is 0 Å². The van der Waals surface area contributed by atoms with Crippen LogP contribution in [0.4, 0.5) is 10.6 Å². The van der Waals surface area contributed by atoms with E-state index in [1.807, 2.05) is 64.1 Å². The van der Waals surface area contributed by atoms with Gasteiger partial charge in [0.25, 0.3) is 0 Å². The molecular weight excluding hydrogens is 354 g/mol. The molecule has 3 rings (SSSR count). The summed E-state index contributed by atoms with van der Waals surface area (Å²) in [4.78, 5) is 33.2. The summed E-state index contributed by atoms with van der Waals surface area (Å²) in [5.41, 5.74) is 1.68. The number of aromatic nitrogens is 1. The van der Waals surface area contributed by atoms with Gasteiger partial charge < -0.3 is 14.5 Å². The molecule has 0 radical (unpaired) electrons. The molecule has 6 heteroatoms. The lowest BCUT2D eigenvalue weighted by atomic mass is 10.0. The van der Waals surface area contributed by atoms with Gasteiger partial charge in [-0.2, -0.15) is 0 Å². The second-order valence-corrected chi connectivity index (χ2v) is 8.01. The summed E-state index contributed by atoms with van der Waals surface area (Å²) in [6, 6.07) is 11.2. The standard InChI is InChI=1S/C22H27N3O3/c1-16-14-19(23-15-18(16)20(26)17-8-6-5-7-9-17)24-10-12-25(13-11-24)21(27)28-22(2,3)4/h5-9,14-15H,10-13H2,1-4H3. The van der Waals surface area contributed by atoms with Crippen molar-refractivity contribution in [2.45, 2.75) is 33.3 Å². The molecule has 1 amide bonds. The molecule has 0 unspecified atom stereocenters. The number of hydrogen-bond acceptors (Lipinski definition) is 5. The van der Waals surface area contributed by atoms with Gasteiger partial charge in [-0.15, -0.1) is 0 Å². The van der Waals surface area contributed by atoms with Crippen molar-refractivity contribution in [3.05, 3.63) is 59.3 Å². The minimum absolute atomic E-state index is 0.0214. The van der Waals surface area contributed by atoms with Crippen molar-refractivity contribution in [1.82, 2.24) is 9.88 Å². The van der Waals surface area contributed by atoms with Crippen LogP contribution in [0.15, 0.2) is 42.6 Å². The van der Waals surface area contributed by atoms with Crippen LogP contribution in [0.1, 0.15) is 42.3 Å². The van der Waals surface area contributed by atoms with Gasteiger partial charge in [0.15, 0.2) is 5.78 Å². The molecule has 1 aliphatic heterocycles. The summed E-state index contributed by atoms with van der Waals surface area (Å²) in [6.45, 7) is 10.1. The molecule has 28 heavy (non-hydrogen) atoms. The quantitative estimate of drug-likeness (QED) is 0.759. The molecule has 1 fully saturated rings. The van der Waals surface area contributed by atoms with E-state index in [4.69, 9.17) is 4.74 Å². The molecule has 148 valence electrons. The van der Waals surface area contributed by atoms with Gasteiger partial charge in [0.1, 0.15) is 11.4 Å². The number of rotatable bonds is 3. The fourth-order valence-electron chi connectivity index (χ4n) is 3.14. The molecule has 0 atom stereocenters. The number of piperazine rings is 1. The highest BCUT2D eigenvalue weighted by Gasteiger charge is 2.26. The van der Waals surface area contributed by atoms with Crippen molar-refractivity contribution in [2.75, 3.05) is 31.1 Å². The zero-order valence-corrected chi connectivity index (χ0v) is 16.9. The Kier molecular flexibility index (Phi) is 5.68. The minimum Gasteiger partial charge on any atom is -0.444 e. The van der Waals surface area contributed by atoms with Gasteiger partial charge in [-0.3, -0.25) is 4.79 Å². The zero-order chi connectivity index (χ0) is 20.3. The van der Waals surface area contributed by atoms with Crippen LogP contribution in [0.25, 0.3) is 0 Å². The Morgan fingerprint density at radius 2 is 1.68 bits per heavy atom. The van der Waals surface area contributed by atoms with Gasteiger partial charge in [-0.05, 0) is 39.3 Å². The van der Waals surface area contributed by atoms with E-state index in [-0.39, 0.29) is 11.9 Å². The third-order valence-electron chi connectivity index (χ3n) is 4.63. The summed E-state index contributed by atoms with van der Waals surface area (Å²) in [7, 11) is 0. The van der Waals surface area contributed by atoms with Gasteiger partial charge in [0.05, 0.1) is 0 Å². The SMILES string of the molecule is Cc1cc(N2CCN(C(=O)OC(C)(C)C)CC2)ncc1C(=O)c1ccccc1. The Morgan fingerprint density at radius 1 is 1.04 bits per heavy atom. The van der Waals surface area contributed by atoms with Gasteiger partial charge in [0.2, 0.25) is 0 Å². The first kappa shape index (κ1) is 19.9. The summed E-state index contributed by atoms with van der Waals surface area (Å²) in [5.74, 6) is 0.804. The van der Waals surface area contributed by atoms with Crippen LogP contribution in [-0.2, 0) is 4.74 Å². The molecule has 0 aliphatic carbocycles. The summed E-state index contributed by atoms with van der Waals surface area (Å²) >= 11 is 0. The molecule has 1 aliphatic rings. The Balaban J connectivity index is 1.65. The van der Waals surface area contributed by atoms with E-state index < -0.39 is 5.60 Å². The van der Waals surface area contributed by atoms with E-state index in [2.05, 4.69) is 9.88 Å². The van der Waals surface area contributed by atoms with E-state index in [1.54, 1.807) is 11.1 Å². The lowest BCUT2D eigenvalue weighted by Crippen LogP contribution is -2.50. The topological polar surface area (TPSA) is 62.7 Å². The summed E-state index contributed by atoms with van der Waals surface area (Å²) in [5, 5.41) is 0. The van der Waals surface area contributed by atoms with Crippen LogP contribution in [-0.4, -0.2) is 53.5 Å². The number of carbonyl (C=O) groups excluding carboxylic acids is 2. The molecule has 1 aromatic carbocycles. The minimum atomic E-state index is -0.492. The number of nitrogens with zero attached hydrogens (tertiary/aromatic N) is 3. The predicted molar refractivity (Wildman–Crippen MR) is 109 cm³/mol. The van der Waals surface area contributed by atoms with Gasteiger partial charge in [-0.1, -0.05) is 30.3 Å². The van der Waals surface area contributed by atoms with E-state index in [0.29, 0.717) is 37.3 Å². The number of anilines is 1. The maximum atomic E-state index is 12.7. The van der Waals surface area contributed by atoms with Gasteiger partial charge in [0, 0.05) is 43.5 Å². The fourth-order valence-corrected chi connectivity index (χ4v) is 3.14. The summed E-state index contributed by atoms with van der Waals surface area (Å²) < 4.78 is 5.44. The first-order valence-electron chi connectivity index (χ1n) is 9.54. The van der Waals surface area contributed by atoms with Crippen LogP contribution in [0, 0.1) is 6.92 Å². The highest BCUT2D eigenvalue weighted by molar-refractivity contribution is 6.09. The van der Waals surface area contributed by atoms with Gasteiger partial charge in [-0.25, -0.2) is 9.78 Å². The Morgan fingerprint density at radius 3 is 2.25 bits per heavy atom. The molecular formula is C22H27N3O3. The molecule has 2 aromatic rings. The molecule has 0 N–H and O–H groups in total. The predicted octanol–water partition coefficient (Wildman–Crippen LogP) is 3.68. The van der Waals surface area contributed by atoms with E-state index in [9.17, 15) is 9.59 Å². The fraction of sp³-hybridized carbons (Fsp3) is 0.409. The first-order valence-corrected chi connectivity index (χ1v) is 9.54. The number of ether oxygens (including phenoxy) is 1. The zero-order valence-electron chi connectivity index (χ0n) is 16.9. The average molecular weight is 381 g/mol. The first-order chi connectivity index (χ1) is 13.2. The van der Waals surface area contributed by atoms with Crippen molar-refractivity contribution in [1.29, 1.82) is 0 Å². The number of carbonyl (C=O) groups is 2. The third-order valence-corrected chi connectivity index (χ3v) is 4.63. The van der Waals surface area contributed by atoms with E-state index in [1.165, 1.54) is 0 Å². The van der Waals surface area contributed by atoms with Crippen molar-refractivity contribution in [3.8, 4) is 0 Å². The largest absolute Gasteiger partial charge is 0.444 e. The lowest BCUT2D eigenvalue weighted by molar-refractivity contribution is 0.0240. The van der Waals surface area contributed by atoms with Crippen LogP contribution in [0.3, 0.4) is 0 Å². The van der Waals surface area contributed by atoms with Crippen molar-refractivity contribution >= 4 is 17.7 Å². The highest BCUT2D eigenvalue weighted by atomic mass is 16.6. The number of pyridine rings is 1. The molecule has 0 bridgehead atoms. The second kappa shape index (κ2) is 8.00. The number of benzene rings is 1. The Hall–Kier alpha value is -2.89. The molecule has 2 heterocycles. The third kappa shape index (κ3) is 4.68. The average Bonchev–Trinajstić information content (AvgIpc) is 2.67. The molecule has 0 spiro atoms. The van der Waals surface area contributed by atoms with Crippen LogP contribution in [0.2, 0.25) is 0 Å². The number of ketones is 1. The molecule has 0 saturated carbocycles. The van der Waals surface area contributed by atoms with Crippen molar-refractivity contribution in [3.63, 3.8) is 0 Å². The van der Waals surface area contributed by atoms with Crippen LogP contribution < -0.4 is 4.90 Å². The number of aryl methyl sites for hydroxylation is 1.